The number of anilines is 1. The summed E-state index contributed by atoms with van der Waals surface area (Å²) >= 11 is 5.83. The van der Waals surface area contributed by atoms with Gasteiger partial charge in [0.15, 0.2) is 11.2 Å². The van der Waals surface area contributed by atoms with Crippen LogP contribution in [0.4, 0.5) is 5.95 Å². The first-order chi connectivity index (χ1) is 12.9. The Morgan fingerprint density at radius 2 is 2.07 bits per heavy atom. The molecule has 0 unspecified atom stereocenters. The molecule has 0 spiro atoms. The Morgan fingerprint density at radius 3 is 2.74 bits per heavy atom. The number of halogens is 1. The minimum absolute atomic E-state index is 0.0776. The highest BCUT2D eigenvalue weighted by atomic mass is 35.5. The molecule has 0 aliphatic carbocycles. The minimum atomic E-state index is -1.13. The standard InChI is InChI=1S/C16H17ClN6O4/c1-22-13-12(14(26)20-16(22)27)23(7-11(25)8-24)15(19-13)21-18-6-9-2-4-10(17)5-3-9/h2-6,11,24-25H,7-8H2,1H3,(H,19,21)(H,20,26,27)/b18-6-/t11-/m1/s1. The summed E-state index contributed by atoms with van der Waals surface area (Å²) in [4.78, 5) is 30.4. The highest BCUT2D eigenvalue weighted by Crippen LogP contribution is 2.16. The van der Waals surface area contributed by atoms with Crippen LogP contribution in [0.1, 0.15) is 5.56 Å². The van der Waals surface area contributed by atoms with Crippen LogP contribution in [-0.2, 0) is 13.6 Å². The lowest BCUT2D eigenvalue weighted by molar-refractivity contribution is 0.0825. The van der Waals surface area contributed by atoms with Crippen LogP contribution >= 0.6 is 11.6 Å². The van der Waals surface area contributed by atoms with Gasteiger partial charge in [-0.1, -0.05) is 23.7 Å². The number of nitrogens with zero attached hydrogens (tertiary/aromatic N) is 4. The van der Waals surface area contributed by atoms with Crippen LogP contribution in [-0.4, -0.2) is 48.2 Å². The number of imidazole rings is 1. The second kappa shape index (κ2) is 7.74. The van der Waals surface area contributed by atoms with Crippen molar-refractivity contribution >= 4 is 34.9 Å². The molecular weight excluding hydrogens is 376 g/mol. The van der Waals surface area contributed by atoms with Gasteiger partial charge in [-0.15, -0.1) is 0 Å². The van der Waals surface area contributed by atoms with Gasteiger partial charge in [0.1, 0.15) is 0 Å². The summed E-state index contributed by atoms with van der Waals surface area (Å²) in [7, 11) is 1.46. The van der Waals surface area contributed by atoms with E-state index in [0.29, 0.717) is 5.02 Å². The first-order valence-electron chi connectivity index (χ1n) is 7.94. The van der Waals surface area contributed by atoms with Crippen LogP contribution in [0.25, 0.3) is 11.2 Å². The number of H-pyrrole nitrogens is 1. The van der Waals surface area contributed by atoms with Gasteiger partial charge in [-0.25, -0.2) is 10.2 Å². The Kier molecular flexibility index (Phi) is 5.40. The number of hydrogen-bond donors (Lipinski definition) is 4. The van der Waals surface area contributed by atoms with Crippen LogP contribution in [0.2, 0.25) is 5.02 Å². The van der Waals surface area contributed by atoms with Gasteiger partial charge in [-0.05, 0) is 17.7 Å². The Morgan fingerprint density at radius 1 is 1.37 bits per heavy atom. The lowest BCUT2D eigenvalue weighted by atomic mass is 10.2. The van der Waals surface area contributed by atoms with Crippen molar-refractivity contribution in [3.05, 3.63) is 55.7 Å². The fourth-order valence-corrected chi connectivity index (χ4v) is 2.61. The number of nitrogens with one attached hydrogen (secondary N) is 2. The first-order valence-corrected chi connectivity index (χ1v) is 8.31. The van der Waals surface area contributed by atoms with Gasteiger partial charge in [0, 0.05) is 12.1 Å². The molecule has 4 N–H and O–H groups in total. The molecule has 11 heteroatoms. The van der Waals surface area contributed by atoms with Gasteiger partial charge in [0.25, 0.3) is 5.56 Å². The maximum atomic E-state index is 12.2. The summed E-state index contributed by atoms with van der Waals surface area (Å²) in [5, 5.41) is 23.6. The molecular formula is C16H17ClN6O4. The topological polar surface area (TPSA) is 138 Å². The van der Waals surface area contributed by atoms with Gasteiger partial charge in [0.05, 0.1) is 25.5 Å². The lowest BCUT2D eigenvalue weighted by Crippen LogP contribution is -2.30. The van der Waals surface area contributed by atoms with Gasteiger partial charge in [-0.2, -0.15) is 10.1 Å². The predicted octanol–water partition coefficient (Wildman–Crippen LogP) is -0.124. The van der Waals surface area contributed by atoms with Gasteiger partial charge < -0.3 is 14.8 Å². The largest absolute Gasteiger partial charge is 0.394 e. The van der Waals surface area contributed by atoms with E-state index in [1.807, 2.05) is 0 Å². The molecule has 1 atom stereocenters. The highest BCUT2D eigenvalue weighted by molar-refractivity contribution is 6.30. The van der Waals surface area contributed by atoms with E-state index in [1.165, 1.54) is 22.4 Å². The first kappa shape index (κ1) is 18.8. The molecule has 0 aliphatic rings. The molecule has 3 aromatic rings. The van der Waals surface area contributed by atoms with E-state index < -0.39 is 24.0 Å². The third-order valence-electron chi connectivity index (χ3n) is 3.86. The zero-order chi connectivity index (χ0) is 19.6. The van der Waals surface area contributed by atoms with Crippen molar-refractivity contribution in [2.24, 2.45) is 12.1 Å². The molecule has 2 heterocycles. The molecule has 0 aliphatic heterocycles. The SMILES string of the molecule is Cn1c(=O)[nH]c(=O)c2c1nc(N/N=C\c1ccc(Cl)cc1)n2C[C@@H](O)CO. The molecule has 3 rings (SSSR count). The number of hydrazone groups is 1. The van der Waals surface area contributed by atoms with E-state index in [-0.39, 0.29) is 23.7 Å². The predicted molar refractivity (Wildman–Crippen MR) is 101 cm³/mol. The highest BCUT2D eigenvalue weighted by Gasteiger charge is 2.19. The fourth-order valence-electron chi connectivity index (χ4n) is 2.48. The summed E-state index contributed by atoms with van der Waals surface area (Å²) in [5.74, 6) is 0.134. The second-order valence-electron chi connectivity index (χ2n) is 5.79. The molecule has 27 heavy (non-hydrogen) atoms. The Labute approximate surface area is 157 Å². The van der Waals surface area contributed by atoms with E-state index in [0.717, 1.165) is 5.56 Å². The average Bonchev–Trinajstić information content (AvgIpc) is 3.00. The van der Waals surface area contributed by atoms with Gasteiger partial charge >= 0.3 is 5.69 Å². The zero-order valence-electron chi connectivity index (χ0n) is 14.3. The van der Waals surface area contributed by atoms with Gasteiger partial charge in [-0.3, -0.25) is 14.3 Å². The third-order valence-corrected chi connectivity index (χ3v) is 4.11. The number of aliphatic hydroxyl groups is 2. The number of aromatic nitrogens is 4. The second-order valence-corrected chi connectivity index (χ2v) is 6.23. The van der Waals surface area contributed by atoms with Crippen LogP contribution in [0.3, 0.4) is 0 Å². The maximum Gasteiger partial charge on any atom is 0.329 e. The van der Waals surface area contributed by atoms with E-state index in [9.17, 15) is 14.7 Å². The molecule has 0 amide bonds. The molecule has 0 fully saturated rings. The van der Waals surface area contributed by atoms with E-state index in [4.69, 9.17) is 16.7 Å². The van der Waals surface area contributed by atoms with Crippen LogP contribution in [0.5, 0.6) is 0 Å². The quantitative estimate of drug-likeness (QED) is 0.341. The number of benzene rings is 1. The summed E-state index contributed by atoms with van der Waals surface area (Å²) in [6, 6.07) is 6.96. The smallest absolute Gasteiger partial charge is 0.329 e. The molecule has 0 saturated carbocycles. The van der Waals surface area contributed by atoms with E-state index >= 15 is 0 Å². The maximum absolute atomic E-state index is 12.2. The Bertz CT molecular complexity index is 1100. The van der Waals surface area contributed by atoms with Crippen molar-refractivity contribution in [1.82, 2.24) is 19.1 Å². The van der Waals surface area contributed by atoms with Crippen LogP contribution in [0.15, 0.2) is 39.0 Å². The van der Waals surface area contributed by atoms with E-state index in [2.05, 4.69) is 20.5 Å². The molecule has 142 valence electrons. The molecule has 0 radical (unpaired) electrons. The number of aryl methyl sites for hydroxylation is 1. The number of aliphatic hydroxyl groups excluding tert-OH is 2. The molecule has 1 aromatic carbocycles. The Hall–Kier alpha value is -2.95. The monoisotopic (exact) mass is 392 g/mol. The molecule has 10 nitrogen and oxygen atoms in total. The molecule has 0 bridgehead atoms. The average molecular weight is 393 g/mol. The van der Waals surface area contributed by atoms with Crippen molar-refractivity contribution in [2.75, 3.05) is 12.0 Å². The number of hydrogen-bond acceptors (Lipinski definition) is 7. The minimum Gasteiger partial charge on any atom is -0.394 e. The van der Waals surface area contributed by atoms with Crippen molar-refractivity contribution in [1.29, 1.82) is 0 Å². The van der Waals surface area contributed by atoms with Crippen LogP contribution < -0.4 is 16.7 Å². The summed E-state index contributed by atoms with van der Waals surface area (Å²) in [6.45, 7) is -0.621. The number of fused-ring (bicyclic) bond motifs is 1. The number of aromatic amines is 1. The Balaban J connectivity index is 2.02. The van der Waals surface area contributed by atoms with Crippen molar-refractivity contribution in [2.45, 2.75) is 12.6 Å². The number of rotatable bonds is 6. The van der Waals surface area contributed by atoms with Crippen molar-refractivity contribution in [3.8, 4) is 0 Å². The summed E-state index contributed by atoms with van der Waals surface area (Å²) in [5.41, 5.74) is 2.40. The molecule has 0 saturated heterocycles. The van der Waals surface area contributed by atoms with Gasteiger partial charge in [0.2, 0.25) is 5.95 Å². The fraction of sp³-hybridized carbons (Fsp3) is 0.250. The third kappa shape index (κ3) is 3.92. The summed E-state index contributed by atoms with van der Waals surface area (Å²) < 4.78 is 2.53. The normalized spacial score (nSPS) is 12.7. The van der Waals surface area contributed by atoms with E-state index in [1.54, 1.807) is 24.3 Å². The molecule has 2 aromatic heterocycles. The lowest BCUT2D eigenvalue weighted by Gasteiger charge is -2.11. The van der Waals surface area contributed by atoms with Crippen molar-refractivity contribution in [3.63, 3.8) is 0 Å². The zero-order valence-corrected chi connectivity index (χ0v) is 15.0. The van der Waals surface area contributed by atoms with Crippen LogP contribution in [0, 0.1) is 0 Å². The summed E-state index contributed by atoms with van der Waals surface area (Å²) in [6.07, 6.45) is 0.394. The van der Waals surface area contributed by atoms with Crippen molar-refractivity contribution < 1.29 is 10.2 Å².